The van der Waals surface area contributed by atoms with Gasteiger partial charge in [0.05, 0.1) is 4.91 Å². The second kappa shape index (κ2) is 8.50. The monoisotopic (exact) mass is 393 g/mol. The van der Waals surface area contributed by atoms with Gasteiger partial charge in [0.2, 0.25) is 11.8 Å². The van der Waals surface area contributed by atoms with Crippen molar-refractivity contribution >= 4 is 52.1 Å². The Morgan fingerprint density at radius 2 is 2.15 bits per heavy atom. The zero-order valence-corrected chi connectivity index (χ0v) is 15.7. The van der Waals surface area contributed by atoms with E-state index in [0.29, 0.717) is 30.8 Å². The van der Waals surface area contributed by atoms with E-state index in [1.807, 2.05) is 17.5 Å². The van der Waals surface area contributed by atoms with Gasteiger partial charge in [-0.2, -0.15) is 0 Å². The smallest absolute Gasteiger partial charge is 0.294 e. The highest BCUT2D eigenvalue weighted by Crippen LogP contribution is 2.32. The highest BCUT2D eigenvalue weighted by Gasteiger charge is 2.36. The molecule has 2 aliphatic heterocycles. The summed E-state index contributed by atoms with van der Waals surface area (Å²) in [6.45, 7) is 1.52. The summed E-state index contributed by atoms with van der Waals surface area (Å²) in [7, 11) is 0. The highest BCUT2D eigenvalue weighted by molar-refractivity contribution is 8.18. The molecule has 1 N–H and O–H groups in total. The first-order chi connectivity index (χ1) is 12.5. The lowest BCUT2D eigenvalue weighted by molar-refractivity contribution is -0.129. The van der Waals surface area contributed by atoms with Crippen LogP contribution in [0.5, 0.6) is 0 Å². The highest BCUT2D eigenvalue weighted by atomic mass is 32.2. The maximum absolute atomic E-state index is 12.3. The summed E-state index contributed by atoms with van der Waals surface area (Å²) in [4.78, 5) is 51.8. The Bertz CT molecular complexity index is 745. The van der Waals surface area contributed by atoms with Crippen LogP contribution in [-0.2, 0) is 14.4 Å². The molecule has 2 saturated heterocycles. The van der Waals surface area contributed by atoms with Gasteiger partial charge in [-0.05, 0) is 42.1 Å². The minimum absolute atomic E-state index is 0.159. The number of hydrogen-bond acceptors (Lipinski definition) is 6. The predicted molar refractivity (Wildman–Crippen MR) is 100 cm³/mol. The molecule has 0 saturated carbocycles. The summed E-state index contributed by atoms with van der Waals surface area (Å²) in [5, 5.41) is 4.15. The molecule has 1 aromatic heterocycles. The fourth-order valence-electron chi connectivity index (χ4n) is 2.78. The van der Waals surface area contributed by atoms with Crippen molar-refractivity contribution in [3.05, 3.63) is 27.3 Å². The van der Waals surface area contributed by atoms with Crippen molar-refractivity contribution in [1.82, 2.24) is 15.1 Å². The average molecular weight is 393 g/mol. The standard InChI is InChI=1S/C17H19N3O4S2/c21-14(18-6-3-8-19-7-1-5-15(19)22)11-20-16(23)13(26-17(20)24)10-12-4-2-9-25-12/h2,4,9-10H,1,3,5-8,11H2,(H,18,21)/b13-10-. The molecule has 2 fully saturated rings. The molecule has 0 bridgehead atoms. The van der Waals surface area contributed by atoms with E-state index in [-0.39, 0.29) is 18.4 Å². The van der Waals surface area contributed by atoms with Crippen molar-refractivity contribution in [3.63, 3.8) is 0 Å². The SMILES string of the molecule is O=C(CN1C(=O)S/C(=C\c2cccs2)C1=O)NCCCN1CCCC1=O. The van der Waals surface area contributed by atoms with Gasteiger partial charge in [0.1, 0.15) is 6.54 Å². The van der Waals surface area contributed by atoms with Crippen LogP contribution in [0.3, 0.4) is 0 Å². The number of hydrogen-bond donors (Lipinski definition) is 1. The van der Waals surface area contributed by atoms with Crippen LogP contribution >= 0.6 is 23.1 Å². The molecular formula is C17H19N3O4S2. The molecule has 7 nitrogen and oxygen atoms in total. The molecule has 1 aromatic rings. The van der Waals surface area contributed by atoms with Crippen LogP contribution in [0.2, 0.25) is 0 Å². The molecule has 4 amide bonds. The minimum Gasteiger partial charge on any atom is -0.354 e. The van der Waals surface area contributed by atoms with Crippen LogP contribution in [0.1, 0.15) is 24.1 Å². The maximum Gasteiger partial charge on any atom is 0.294 e. The van der Waals surface area contributed by atoms with Gasteiger partial charge in [-0.25, -0.2) is 0 Å². The van der Waals surface area contributed by atoms with E-state index in [1.54, 1.807) is 11.0 Å². The molecule has 0 radical (unpaired) electrons. The number of amides is 4. The zero-order valence-electron chi connectivity index (χ0n) is 14.1. The first-order valence-corrected chi connectivity index (χ1v) is 10.1. The van der Waals surface area contributed by atoms with Crippen molar-refractivity contribution in [2.45, 2.75) is 19.3 Å². The molecule has 0 aromatic carbocycles. The number of thiophene rings is 1. The third kappa shape index (κ3) is 4.53. The third-order valence-electron chi connectivity index (χ3n) is 4.09. The minimum atomic E-state index is -0.439. The third-order valence-corrected chi connectivity index (χ3v) is 5.82. The quantitative estimate of drug-likeness (QED) is 0.565. The van der Waals surface area contributed by atoms with E-state index in [4.69, 9.17) is 0 Å². The Labute approximate surface area is 159 Å². The van der Waals surface area contributed by atoms with Gasteiger partial charge in [-0.1, -0.05) is 6.07 Å². The Kier molecular flexibility index (Phi) is 6.10. The van der Waals surface area contributed by atoms with Gasteiger partial charge in [0, 0.05) is 30.9 Å². The van der Waals surface area contributed by atoms with E-state index in [0.717, 1.165) is 34.5 Å². The van der Waals surface area contributed by atoms with Crippen LogP contribution in [0, 0.1) is 0 Å². The molecule has 0 atom stereocenters. The first kappa shape index (κ1) is 18.7. The number of imide groups is 1. The number of nitrogens with one attached hydrogen (secondary N) is 1. The molecule has 3 heterocycles. The topological polar surface area (TPSA) is 86.8 Å². The molecule has 138 valence electrons. The van der Waals surface area contributed by atoms with Crippen LogP contribution < -0.4 is 5.32 Å². The largest absolute Gasteiger partial charge is 0.354 e. The molecule has 0 unspecified atom stereocenters. The van der Waals surface area contributed by atoms with E-state index in [9.17, 15) is 19.2 Å². The van der Waals surface area contributed by atoms with E-state index in [2.05, 4.69) is 5.32 Å². The summed E-state index contributed by atoms with van der Waals surface area (Å²) >= 11 is 2.32. The van der Waals surface area contributed by atoms with Crippen molar-refractivity contribution in [3.8, 4) is 0 Å². The molecular weight excluding hydrogens is 374 g/mol. The maximum atomic E-state index is 12.3. The summed E-state index contributed by atoms with van der Waals surface area (Å²) in [5.74, 6) is -0.657. The summed E-state index contributed by atoms with van der Waals surface area (Å²) in [5.41, 5.74) is 0. The van der Waals surface area contributed by atoms with Crippen LogP contribution in [-0.4, -0.2) is 58.9 Å². The number of carbonyl (C=O) groups is 4. The fourth-order valence-corrected chi connectivity index (χ4v) is 4.34. The summed E-state index contributed by atoms with van der Waals surface area (Å²) in [6, 6.07) is 3.72. The molecule has 3 rings (SSSR count). The number of likely N-dealkylation sites (tertiary alicyclic amines) is 1. The number of rotatable bonds is 7. The predicted octanol–water partition coefficient (Wildman–Crippen LogP) is 1.91. The van der Waals surface area contributed by atoms with Crippen LogP contribution in [0.4, 0.5) is 4.79 Å². The average Bonchev–Trinajstić information content (AvgIpc) is 3.32. The second-order valence-corrected chi connectivity index (χ2v) is 7.94. The Morgan fingerprint density at radius 3 is 2.85 bits per heavy atom. The van der Waals surface area contributed by atoms with Gasteiger partial charge in [-0.3, -0.25) is 24.1 Å². The van der Waals surface area contributed by atoms with Gasteiger partial charge >= 0.3 is 0 Å². The molecule has 0 spiro atoms. The van der Waals surface area contributed by atoms with Crippen LogP contribution in [0.25, 0.3) is 6.08 Å². The van der Waals surface area contributed by atoms with E-state index >= 15 is 0 Å². The van der Waals surface area contributed by atoms with Crippen molar-refractivity contribution < 1.29 is 19.2 Å². The van der Waals surface area contributed by atoms with E-state index in [1.165, 1.54) is 11.3 Å². The van der Waals surface area contributed by atoms with Crippen molar-refractivity contribution in [2.24, 2.45) is 0 Å². The Hall–Kier alpha value is -2.13. The number of carbonyl (C=O) groups excluding carboxylic acids is 4. The van der Waals surface area contributed by atoms with E-state index < -0.39 is 11.1 Å². The van der Waals surface area contributed by atoms with Crippen molar-refractivity contribution in [2.75, 3.05) is 26.2 Å². The normalized spacial score (nSPS) is 19.1. The molecule has 2 aliphatic rings. The summed E-state index contributed by atoms with van der Waals surface area (Å²) < 4.78 is 0. The second-order valence-electron chi connectivity index (χ2n) is 5.97. The fraction of sp³-hybridized carbons (Fsp3) is 0.412. The Balaban J connectivity index is 1.44. The van der Waals surface area contributed by atoms with Crippen LogP contribution in [0.15, 0.2) is 22.4 Å². The van der Waals surface area contributed by atoms with Crippen molar-refractivity contribution in [1.29, 1.82) is 0 Å². The first-order valence-electron chi connectivity index (χ1n) is 8.38. The van der Waals surface area contributed by atoms with Gasteiger partial charge in [0.15, 0.2) is 0 Å². The lowest BCUT2D eigenvalue weighted by Gasteiger charge is -2.16. The zero-order chi connectivity index (χ0) is 18.5. The summed E-state index contributed by atoms with van der Waals surface area (Å²) in [6.07, 6.45) is 3.81. The molecule has 0 aliphatic carbocycles. The van der Waals surface area contributed by atoms with Gasteiger partial charge < -0.3 is 10.2 Å². The van der Waals surface area contributed by atoms with Gasteiger partial charge in [-0.15, -0.1) is 11.3 Å². The lowest BCUT2D eigenvalue weighted by Crippen LogP contribution is -2.40. The molecule has 26 heavy (non-hydrogen) atoms. The molecule has 9 heteroatoms. The number of thioether (sulfide) groups is 1. The Morgan fingerprint density at radius 1 is 1.31 bits per heavy atom. The van der Waals surface area contributed by atoms with Gasteiger partial charge in [0.25, 0.3) is 11.1 Å². The number of nitrogens with zero attached hydrogens (tertiary/aromatic N) is 2. The lowest BCUT2D eigenvalue weighted by atomic mass is 10.3.